The molecule has 0 saturated carbocycles. The van der Waals surface area contributed by atoms with Crippen molar-refractivity contribution in [3.63, 3.8) is 0 Å². The highest BCUT2D eigenvalue weighted by Gasteiger charge is 2.34. The molecule has 25 heavy (non-hydrogen) atoms. The maximum absolute atomic E-state index is 13.9. The van der Waals surface area contributed by atoms with Gasteiger partial charge in [-0.25, -0.2) is 26.7 Å². The van der Waals surface area contributed by atoms with Crippen molar-refractivity contribution < 1.29 is 17.2 Å². The molecule has 0 bridgehead atoms. The van der Waals surface area contributed by atoms with Gasteiger partial charge in [-0.15, -0.1) is 0 Å². The standard InChI is InChI=1S/C16H14F2N4O2S/c1-10-7-15-19-8-11-9-21(6-5-14(11)22(15)20-10)25(23,24)16-12(17)3-2-4-13(16)18/h2-4,7-8H,5-6,9H2,1H3. The molecule has 1 aliphatic heterocycles. The number of fused-ring (bicyclic) bond motifs is 3. The molecule has 0 saturated heterocycles. The topological polar surface area (TPSA) is 67.6 Å². The van der Waals surface area contributed by atoms with Crippen LogP contribution < -0.4 is 0 Å². The van der Waals surface area contributed by atoms with Crippen molar-refractivity contribution >= 4 is 15.7 Å². The van der Waals surface area contributed by atoms with Gasteiger partial charge < -0.3 is 0 Å². The number of hydrogen-bond acceptors (Lipinski definition) is 4. The minimum Gasteiger partial charge on any atom is -0.237 e. The van der Waals surface area contributed by atoms with E-state index in [2.05, 4.69) is 10.1 Å². The number of benzene rings is 1. The van der Waals surface area contributed by atoms with Crippen LogP contribution in [-0.2, 0) is 23.0 Å². The summed E-state index contributed by atoms with van der Waals surface area (Å²) >= 11 is 0. The molecule has 0 aliphatic carbocycles. The third kappa shape index (κ3) is 2.50. The number of sulfonamides is 1. The van der Waals surface area contributed by atoms with E-state index in [1.54, 1.807) is 10.7 Å². The predicted octanol–water partition coefficient (Wildman–Crippen LogP) is 2.06. The van der Waals surface area contributed by atoms with Crippen LogP contribution in [0.25, 0.3) is 5.65 Å². The third-order valence-corrected chi connectivity index (χ3v) is 6.15. The van der Waals surface area contributed by atoms with E-state index >= 15 is 0 Å². The highest BCUT2D eigenvalue weighted by Crippen LogP contribution is 2.28. The second-order valence-electron chi connectivity index (χ2n) is 5.93. The van der Waals surface area contributed by atoms with Crippen LogP contribution in [0.15, 0.2) is 35.4 Å². The molecule has 2 aromatic heterocycles. The van der Waals surface area contributed by atoms with Crippen LogP contribution in [-0.4, -0.2) is 33.9 Å². The maximum Gasteiger partial charge on any atom is 0.249 e. The Labute approximate surface area is 142 Å². The second kappa shape index (κ2) is 5.57. The summed E-state index contributed by atoms with van der Waals surface area (Å²) < 4.78 is 56.1. The fourth-order valence-corrected chi connectivity index (χ4v) is 4.62. The maximum atomic E-state index is 13.9. The van der Waals surface area contributed by atoms with E-state index in [1.165, 1.54) is 0 Å². The van der Waals surface area contributed by atoms with E-state index < -0.39 is 26.6 Å². The molecule has 130 valence electrons. The molecule has 0 radical (unpaired) electrons. The number of rotatable bonds is 2. The Morgan fingerprint density at radius 3 is 2.64 bits per heavy atom. The number of halogens is 2. The summed E-state index contributed by atoms with van der Waals surface area (Å²) in [6.07, 6.45) is 1.97. The zero-order valence-corrected chi connectivity index (χ0v) is 14.1. The van der Waals surface area contributed by atoms with Crippen molar-refractivity contribution in [2.75, 3.05) is 6.54 Å². The Morgan fingerprint density at radius 2 is 1.92 bits per heavy atom. The molecule has 1 aliphatic rings. The smallest absolute Gasteiger partial charge is 0.237 e. The molecule has 0 atom stereocenters. The Morgan fingerprint density at radius 1 is 1.20 bits per heavy atom. The van der Waals surface area contributed by atoms with Gasteiger partial charge in [-0.3, -0.25) is 0 Å². The highest BCUT2D eigenvalue weighted by molar-refractivity contribution is 7.89. The monoisotopic (exact) mass is 364 g/mol. The van der Waals surface area contributed by atoms with Crippen molar-refractivity contribution in [1.82, 2.24) is 18.9 Å². The van der Waals surface area contributed by atoms with E-state index in [0.717, 1.165) is 33.9 Å². The van der Waals surface area contributed by atoms with Gasteiger partial charge in [0.2, 0.25) is 10.0 Å². The van der Waals surface area contributed by atoms with Crippen LogP contribution in [0, 0.1) is 18.6 Å². The van der Waals surface area contributed by atoms with Gasteiger partial charge in [-0.05, 0) is 19.1 Å². The summed E-state index contributed by atoms with van der Waals surface area (Å²) in [6.45, 7) is 1.95. The zero-order valence-electron chi connectivity index (χ0n) is 13.3. The van der Waals surface area contributed by atoms with Gasteiger partial charge in [0.05, 0.1) is 11.4 Å². The van der Waals surface area contributed by atoms with Crippen LogP contribution in [0.5, 0.6) is 0 Å². The molecule has 0 amide bonds. The molecule has 3 aromatic rings. The predicted molar refractivity (Wildman–Crippen MR) is 85.4 cm³/mol. The normalized spacial score (nSPS) is 15.5. The molecular weight excluding hydrogens is 350 g/mol. The largest absolute Gasteiger partial charge is 0.249 e. The van der Waals surface area contributed by atoms with Gasteiger partial charge in [-0.1, -0.05) is 6.07 Å². The minimum absolute atomic E-state index is 0.00666. The first kappa shape index (κ1) is 16.1. The van der Waals surface area contributed by atoms with Gasteiger partial charge in [0.1, 0.15) is 11.6 Å². The molecule has 0 fully saturated rings. The van der Waals surface area contributed by atoms with Gasteiger partial charge in [0.15, 0.2) is 10.5 Å². The van der Waals surface area contributed by atoms with Crippen molar-refractivity contribution in [1.29, 1.82) is 0 Å². The summed E-state index contributed by atoms with van der Waals surface area (Å²) in [5.41, 5.74) is 3.03. The van der Waals surface area contributed by atoms with E-state index in [9.17, 15) is 17.2 Å². The molecule has 0 spiro atoms. The van der Waals surface area contributed by atoms with Crippen LogP contribution >= 0.6 is 0 Å². The second-order valence-corrected chi connectivity index (χ2v) is 7.80. The van der Waals surface area contributed by atoms with Gasteiger partial charge in [0, 0.05) is 37.3 Å². The lowest BCUT2D eigenvalue weighted by Crippen LogP contribution is -2.37. The van der Waals surface area contributed by atoms with Crippen LogP contribution in [0.4, 0.5) is 8.78 Å². The number of nitrogens with zero attached hydrogens (tertiary/aromatic N) is 4. The van der Waals surface area contributed by atoms with E-state index in [1.807, 2.05) is 13.0 Å². The molecule has 4 rings (SSSR count). The lowest BCUT2D eigenvalue weighted by Gasteiger charge is -2.28. The molecule has 0 unspecified atom stereocenters. The van der Waals surface area contributed by atoms with Crippen LogP contribution in [0.2, 0.25) is 0 Å². The molecular formula is C16H14F2N4O2S. The first-order chi connectivity index (χ1) is 11.9. The molecule has 3 heterocycles. The Kier molecular flexibility index (Phi) is 3.58. The minimum atomic E-state index is -4.29. The molecule has 6 nitrogen and oxygen atoms in total. The van der Waals surface area contributed by atoms with E-state index in [-0.39, 0.29) is 13.1 Å². The summed E-state index contributed by atoms with van der Waals surface area (Å²) in [4.78, 5) is 3.36. The number of hydrogen-bond donors (Lipinski definition) is 0. The summed E-state index contributed by atoms with van der Waals surface area (Å²) in [7, 11) is -4.29. The fraction of sp³-hybridized carbons (Fsp3) is 0.250. The quantitative estimate of drug-likeness (QED) is 0.698. The fourth-order valence-electron chi connectivity index (χ4n) is 3.09. The van der Waals surface area contributed by atoms with Gasteiger partial charge >= 0.3 is 0 Å². The first-order valence-electron chi connectivity index (χ1n) is 7.65. The van der Waals surface area contributed by atoms with Crippen LogP contribution in [0.1, 0.15) is 17.0 Å². The number of aryl methyl sites for hydroxylation is 1. The lowest BCUT2D eigenvalue weighted by molar-refractivity contribution is 0.377. The summed E-state index contributed by atoms with van der Waals surface area (Å²) in [6, 6.07) is 4.84. The molecule has 1 aromatic carbocycles. The van der Waals surface area contributed by atoms with Gasteiger partial charge in [-0.2, -0.15) is 9.40 Å². The van der Waals surface area contributed by atoms with Crippen LogP contribution in [0.3, 0.4) is 0 Å². The van der Waals surface area contributed by atoms with E-state index in [0.29, 0.717) is 17.6 Å². The molecule has 9 heteroatoms. The third-order valence-electron chi connectivity index (χ3n) is 4.25. The highest BCUT2D eigenvalue weighted by atomic mass is 32.2. The zero-order chi connectivity index (χ0) is 17.8. The van der Waals surface area contributed by atoms with Crippen molar-refractivity contribution in [3.05, 3.63) is 59.0 Å². The molecule has 0 N–H and O–H groups in total. The Hall–Kier alpha value is -2.39. The van der Waals surface area contributed by atoms with Crippen molar-refractivity contribution in [2.45, 2.75) is 24.8 Å². The summed E-state index contributed by atoms with van der Waals surface area (Å²) in [5.74, 6) is -2.19. The van der Waals surface area contributed by atoms with Crippen molar-refractivity contribution in [2.24, 2.45) is 0 Å². The van der Waals surface area contributed by atoms with Gasteiger partial charge in [0.25, 0.3) is 0 Å². The van der Waals surface area contributed by atoms with E-state index in [4.69, 9.17) is 0 Å². The Balaban J connectivity index is 1.76. The lowest BCUT2D eigenvalue weighted by atomic mass is 10.1. The average Bonchev–Trinajstić information content (AvgIpc) is 2.94. The average molecular weight is 364 g/mol. The van der Waals surface area contributed by atoms with Crippen molar-refractivity contribution in [3.8, 4) is 0 Å². The SMILES string of the molecule is Cc1cc2ncc3c(n2n1)CCN(S(=O)(=O)c1c(F)cccc1F)C3. The Bertz CT molecular complexity index is 1070. The number of aromatic nitrogens is 3. The first-order valence-corrected chi connectivity index (χ1v) is 9.09. The summed E-state index contributed by atoms with van der Waals surface area (Å²) in [5, 5.41) is 4.37.